The number of hydrogen-bond acceptors (Lipinski definition) is 3. The predicted molar refractivity (Wildman–Crippen MR) is 129 cm³/mol. The SMILES string of the molecule is O=C(Nc1cc(Cl)ccc1Oc1ccccc1)C1CCCN(Cc2ccc(Br)cc2)C1. The van der Waals surface area contributed by atoms with E-state index in [1.807, 2.05) is 30.3 Å². The molecule has 1 N–H and O–H groups in total. The van der Waals surface area contributed by atoms with Crippen molar-refractivity contribution >= 4 is 39.1 Å². The van der Waals surface area contributed by atoms with E-state index < -0.39 is 0 Å². The van der Waals surface area contributed by atoms with Crippen molar-refractivity contribution in [3.63, 3.8) is 0 Å². The van der Waals surface area contributed by atoms with Crippen molar-refractivity contribution in [1.82, 2.24) is 4.90 Å². The van der Waals surface area contributed by atoms with Gasteiger partial charge in [-0.15, -0.1) is 0 Å². The van der Waals surface area contributed by atoms with Crippen LogP contribution in [0.25, 0.3) is 0 Å². The Morgan fingerprint density at radius 1 is 1.10 bits per heavy atom. The predicted octanol–water partition coefficient (Wildman–Crippen LogP) is 6.75. The maximum absolute atomic E-state index is 13.1. The first-order valence-electron chi connectivity index (χ1n) is 10.4. The summed E-state index contributed by atoms with van der Waals surface area (Å²) in [6.07, 6.45) is 1.87. The number of anilines is 1. The van der Waals surface area contributed by atoms with E-state index in [4.69, 9.17) is 16.3 Å². The Hall–Kier alpha value is -2.34. The van der Waals surface area contributed by atoms with Gasteiger partial charge in [-0.2, -0.15) is 0 Å². The first-order valence-corrected chi connectivity index (χ1v) is 11.5. The minimum Gasteiger partial charge on any atom is -0.455 e. The maximum atomic E-state index is 13.1. The summed E-state index contributed by atoms with van der Waals surface area (Å²) in [5, 5.41) is 3.60. The van der Waals surface area contributed by atoms with Gasteiger partial charge in [0.05, 0.1) is 11.6 Å². The number of nitrogens with one attached hydrogen (secondary N) is 1. The van der Waals surface area contributed by atoms with E-state index >= 15 is 0 Å². The summed E-state index contributed by atoms with van der Waals surface area (Å²) in [5.41, 5.74) is 1.84. The molecule has 1 aliphatic heterocycles. The van der Waals surface area contributed by atoms with Gasteiger partial charge in [-0.25, -0.2) is 0 Å². The number of amides is 1. The van der Waals surface area contributed by atoms with Gasteiger partial charge in [0.2, 0.25) is 5.91 Å². The molecule has 1 aliphatic rings. The van der Waals surface area contributed by atoms with Gasteiger partial charge in [-0.3, -0.25) is 9.69 Å². The molecule has 6 heteroatoms. The molecular formula is C25H24BrClN2O2. The number of hydrogen-bond donors (Lipinski definition) is 1. The molecule has 0 spiro atoms. The van der Waals surface area contributed by atoms with Crippen LogP contribution in [0.4, 0.5) is 5.69 Å². The highest BCUT2D eigenvalue weighted by Gasteiger charge is 2.26. The number of carbonyl (C=O) groups excluding carboxylic acids is 1. The molecule has 0 saturated carbocycles. The first-order chi connectivity index (χ1) is 15.1. The molecular weight excluding hydrogens is 476 g/mol. The average Bonchev–Trinajstić information content (AvgIpc) is 2.78. The van der Waals surface area contributed by atoms with Crippen LogP contribution in [0.3, 0.4) is 0 Å². The maximum Gasteiger partial charge on any atom is 0.228 e. The summed E-state index contributed by atoms with van der Waals surface area (Å²) in [7, 11) is 0. The highest BCUT2D eigenvalue weighted by atomic mass is 79.9. The second-order valence-electron chi connectivity index (χ2n) is 7.75. The van der Waals surface area contributed by atoms with Crippen molar-refractivity contribution < 1.29 is 9.53 Å². The van der Waals surface area contributed by atoms with Gasteiger partial charge >= 0.3 is 0 Å². The lowest BCUT2D eigenvalue weighted by atomic mass is 9.96. The molecule has 160 valence electrons. The Morgan fingerprint density at radius 3 is 2.65 bits per heavy atom. The van der Waals surface area contributed by atoms with Crippen molar-refractivity contribution in [3.05, 3.63) is 87.9 Å². The fraction of sp³-hybridized carbons (Fsp3) is 0.240. The molecule has 0 aliphatic carbocycles. The molecule has 1 heterocycles. The normalized spacial score (nSPS) is 16.6. The van der Waals surface area contributed by atoms with Crippen LogP contribution in [0.15, 0.2) is 77.3 Å². The number of halogens is 2. The molecule has 4 rings (SSSR count). The molecule has 0 bridgehead atoms. The average molecular weight is 500 g/mol. The highest BCUT2D eigenvalue weighted by molar-refractivity contribution is 9.10. The number of ether oxygens (including phenoxy) is 1. The van der Waals surface area contributed by atoms with Crippen molar-refractivity contribution in [3.8, 4) is 11.5 Å². The summed E-state index contributed by atoms with van der Waals surface area (Å²) in [6, 6.07) is 23.1. The summed E-state index contributed by atoms with van der Waals surface area (Å²) >= 11 is 9.67. The molecule has 0 radical (unpaired) electrons. The number of benzene rings is 3. The van der Waals surface area contributed by atoms with Crippen molar-refractivity contribution in [1.29, 1.82) is 0 Å². The summed E-state index contributed by atoms with van der Waals surface area (Å²) in [6.45, 7) is 2.58. The molecule has 3 aromatic carbocycles. The third-order valence-corrected chi connectivity index (χ3v) is 6.13. The standard InChI is InChI=1S/C25H24BrClN2O2/c26-20-10-8-18(9-11-20)16-29-14-4-5-19(17-29)25(30)28-23-15-21(27)12-13-24(23)31-22-6-2-1-3-7-22/h1-3,6-13,15,19H,4-5,14,16-17H2,(H,28,30). The fourth-order valence-corrected chi connectivity index (χ4v) is 4.24. The molecule has 1 amide bonds. The monoisotopic (exact) mass is 498 g/mol. The van der Waals surface area contributed by atoms with Crippen molar-refractivity contribution in [2.75, 3.05) is 18.4 Å². The fourth-order valence-electron chi connectivity index (χ4n) is 3.80. The number of carbonyl (C=O) groups is 1. The van der Waals surface area contributed by atoms with Crippen LogP contribution in [0.2, 0.25) is 5.02 Å². The smallest absolute Gasteiger partial charge is 0.228 e. The van der Waals surface area contributed by atoms with Gasteiger partial charge in [-0.05, 0) is 67.4 Å². The van der Waals surface area contributed by atoms with E-state index in [-0.39, 0.29) is 11.8 Å². The highest BCUT2D eigenvalue weighted by Crippen LogP contribution is 2.33. The number of likely N-dealkylation sites (tertiary alicyclic amines) is 1. The van der Waals surface area contributed by atoms with Gasteiger partial charge < -0.3 is 10.1 Å². The lowest BCUT2D eigenvalue weighted by molar-refractivity contribution is -0.121. The number of piperidine rings is 1. The zero-order chi connectivity index (χ0) is 21.6. The van der Waals surface area contributed by atoms with E-state index in [1.165, 1.54) is 5.56 Å². The molecule has 0 aromatic heterocycles. The lowest BCUT2D eigenvalue weighted by Crippen LogP contribution is -2.40. The third-order valence-electron chi connectivity index (χ3n) is 5.37. The van der Waals surface area contributed by atoms with Gasteiger partial charge in [0.15, 0.2) is 5.75 Å². The van der Waals surface area contributed by atoms with E-state index in [2.05, 4.69) is 50.4 Å². The van der Waals surface area contributed by atoms with Crippen LogP contribution in [-0.2, 0) is 11.3 Å². The first kappa shape index (κ1) is 21.9. The molecule has 31 heavy (non-hydrogen) atoms. The number of rotatable bonds is 6. The molecule has 4 nitrogen and oxygen atoms in total. The van der Waals surface area contributed by atoms with Crippen LogP contribution in [0.5, 0.6) is 11.5 Å². The Morgan fingerprint density at radius 2 is 1.87 bits per heavy atom. The van der Waals surface area contributed by atoms with Gasteiger partial charge in [0.1, 0.15) is 5.75 Å². The Balaban J connectivity index is 1.42. The van der Waals surface area contributed by atoms with E-state index in [0.29, 0.717) is 22.2 Å². The Kier molecular flexibility index (Phi) is 7.28. The van der Waals surface area contributed by atoms with E-state index in [1.54, 1.807) is 18.2 Å². The topological polar surface area (TPSA) is 41.6 Å². The van der Waals surface area contributed by atoms with Crippen LogP contribution >= 0.6 is 27.5 Å². The van der Waals surface area contributed by atoms with E-state index in [0.717, 1.165) is 36.9 Å². The second-order valence-corrected chi connectivity index (χ2v) is 9.10. The van der Waals surface area contributed by atoms with Gasteiger partial charge in [0, 0.05) is 22.6 Å². The number of nitrogens with zero attached hydrogens (tertiary/aromatic N) is 1. The van der Waals surface area contributed by atoms with Gasteiger partial charge in [-0.1, -0.05) is 57.9 Å². The molecule has 1 atom stereocenters. The van der Waals surface area contributed by atoms with Gasteiger partial charge in [0.25, 0.3) is 0 Å². The second kappa shape index (κ2) is 10.3. The third kappa shape index (κ3) is 6.10. The van der Waals surface area contributed by atoms with Crippen LogP contribution < -0.4 is 10.1 Å². The van der Waals surface area contributed by atoms with Crippen LogP contribution in [-0.4, -0.2) is 23.9 Å². The summed E-state index contributed by atoms with van der Waals surface area (Å²) < 4.78 is 7.05. The number of para-hydroxylation sites is 1. The molecule has 1 unspecified atom stereocenters. The Labute approximate surface area is 196 Å². The zero-order valence-corrected chi connectivity index (χ0v) is 19.4. The quantitative estimate of drug-likeness (QED) is 0.408. The lowest BCUT2D eigenvalue weighted by Gasteiger charge is -2.32. The minimum atomic E-state index is -0.0762. The Bertz CT molecular complexity index is 1030. The summed E-state index contributed by atoms with van der Waals surface area (Å²) in [4.78, 5) is 15.4. The zero-order valence-electron chi connectivity index (χ0n) is 17.1. The minimum absolute atomic E-state index is 0.000634. The van der Waals surface area contributed by atoms with Crippen LogP contribution in [0, 0.1) is 5.92 Å². The molecule has 3 aromatic rings. The largest absolute Gasteiger partial charge is 0.455 e. The van der Waals surface area contributed by atoms with Crippen LogP contribution in [0.1, 0.15) is 18.4 Å². The molecule has 1 saturated heterocycles. The summed E-state index contributed by atoms with van der Waals surface area (Å²) in [5.74, 6) is 1.21. The van der Waals surface area contributed by atoms with Crippen molar-refractivity contribution in [2.45, 2.75) is 19.4 Å². The van der Waals surface area contributed by atoms with Crippen molar-refractivity contribution in [2.24, 2.45) is 5.92 Å². The molecule has 1 fully saturated rings. The van der Waals surface area contributed by atoms with E-state index in [9.17, 15) is 4.79 Å².